The molecule has 2 N–H and O–H groups in total. The summed E-state index contributed by atoms with van der Waals surface area (Å²) in [6.07, 6.45) is 0. The highest BCUT2D eigenvalue weighted by molar-refractivity contribution is 9.10. The van der Waals surface area contributed by atoms with Crippen molar-refractivity contribution in [3.8, 4) is 0 Å². The molecule has 4 amide bonds. The molecule has 1 fully saturated rings. The van der Waals surface area contributed by atoms with Gasteiger partial charge in [0.15, 0.2) is 0 Å². The fourth-order valence-electron chi connectivity index (χ4n) is 2.94. The summed E-state index contributed by atoms with van der Waals surface area (Å²) in [4.78, 5) is 38.5. The SMILES string of the molecule is Cc1ccc(NC(=O)CN2C(=O)NC(C)(c3ccccc3Br)C2=O)c(Cl)c1. The van der Waals surface area contributed by atoms with E-state index in [-0.39, 0.29) is 0 Å². The predicted octanol–water partition coefficient (Wildman–Crippen LogP) is 3.82. The maximum atomic E-state index is 12.9. The number of hydrogen-bond acceptors (Lipinski definition) is 3. The quantitative estimate of drug-likeness (QED) is 0.695. The Morgan fingerprint density at radius 1 is 1.26 bits per heavy atom. The minimum absolute atomic E-state index is 0.388. The van der Waals surface area contributed by atoms with Crippen LogP contribution in [0, 0.1) is 6.92 Å². The molecule has 1 unspecified atom stereocenters. The molecule has 0 spiro atoms. The molecule has 0 aromatic heterocycles. The molecular weight excluding hydrogens is 434 g/mol. The molecule has 1 heterocycles. The first-order valence-corrected chi connectivity index (χ1v) is 9.34. The van der Waals surface area contributed by atoms with E-state index in [2.05, 4.69) is 26.6 Å². The van der Waals surface area contributed by atoms with Crippen LogP contribution in [-0.4, -0.2) is 29.3 Å². The zero-order valence-corrected chi connectivity index (χ0v) is 17.0. The molecule has 27 heavy (non-hydrogen) atoms. The topological polar surface area (TPSA) is 78.5 Å². The lowest BCUT2D eigenvalue weighted by Gasteiger charge is -2.23. The summed E-state index contributed by atoms with van der Waals surface area (Å²) in [6, 6.07) is 11.7. The number of anilines is 1. The van der Waals surface area contributed by atoms with Gasteiger partial charge in [-0.25, -0.2) is 4.79 Å². The molecule has 2 aromatic rings. The Morgan fingerprint density at radius 3 is 2.63 bits per heavy atom. The Morgan fingerprint density at radius 2 is 1.96 bits per heavy atom. The second-order valence-corrected chi connectivity index (χ2v) is 7.72. The smallest absolute Gasteiger partial charge is 0.323 e. The van der Waals surface area contributed by atoms with Crippen molar-refractivity contribution in [1.82, 2.24) is 10.2 Å². The minimum atomic E-state index is -1.25. The zero-order chi connectivity index (χ0) is 19.8. The number of carbonyl (C=O) groups is 3. The van der Waals surface area contributed by atoms with E-state index < -0.39 is 29.9 Å². The van der Waals surface area contributed by atoms with E-state index in [4.69, 9.17) is 11.6 Å². The van der Waals surface area contributed by atoms with Gasteiger partial charge >= 0.3 is 6.03 Å². The predicted molar refractivity (Wildman–Crippen MR) is 107 cm³/mol. The van der Waals surface area contributed by atoms with E-state index >= 15 is 0 Å². The number of nitrogens with zero attached hydrogens (tertiary/aromatic N) is 1. The van der Waals surface area contributed by atoms with Crippen molar-refractivity contribution < 1.29 is 14.4 Å². The third kappa shape index (κ3) is 3.70. The summed E-state index contributed by atoms with van der Waals surface area (Å²) < 4.78 is 0.693. The summed E-state index contributed by atoms with van der Waals surface area (Å²) in [5.41, 5.74) is 0.746. The van der Waals surface area contributed by atoms with Gasteiger partial charge in [0.05, 0.1) is 10.7 Å². The molecule has 2 aromatic carbocycles. The summed E-state index contributed by atoms with van der Waals surface area (Å²) in [6.45, 7) is 3.09. The van der Waals surface area contributed by atoms with Crippen molar-refractivity contribution in [3.63, 3.8) is 0 Å². The van der Waals surface area contributed by atoms with Crippen LogP contribution >= 0.6 is 27.5 Å². The van der Waals surface area contributed by atoms with Gasteiger partial charge in [-0.15, -0.1) is 0 Å². The number of amides is 4. The first kappa shape index (κ1) is 19.4. The number of imide groups is 1. The van der Waals surface area contributed by atoms with Crippen LogP contribution in [0.5, 0.6) is 0 Å². The van der Waals surface area contributed by atoms with Gasteiger partial charge in [-0.1, -0.05) is 51.8 Å². The van der Waals surface area contributed by atoms with Crippen LogP contribution in [0.15, 0.2) is 46.9 Å². The lowest BCUT2D eigenvalue weighted by Crippen LogP contribution is -2.42. The molecule has 1 atom stereocenters. The molecule has 8 heteroatoms. The van der Waals surface area contributed by atoms with Crippen LogP contribution < -0.4 is 10.6 Å². The third-order valence-electron chi connectivity index (χ3n) is 4.39. The summed E-state index contributed by atoms with van der Waals surface area (Å²) in [5.74, 6) is -1.01. The lowest BCUT2D eigenvalue weighted by atomic mass is 9.92. The first-order valence-electron chi connectivity index (χ1n) is 8.17. The molecule has 1 aliphatic heterocycles. The molecule has 0 bridgehead atoms. The van der Waals surface area contributed by atoms with Gasteiger partial charge in [-0.3, -0.25) is 14.5 Å². The second kappa shape index (κ2) is 7.32. The number of urea groups is 1. The molecule has 0 radical (unpaired) electrons. The standard InChI is InChI=1S/C19H17BrClN3O3/c1-11-7-8-15(14(21)9-11)22-16(25)10-24-17(26)19(2,23-18(24)27)12-5-3-4-6-13(12)20/h3-9H,10H2,1-2H3,(H,22,25)(H,23,27). The molecule has 140 valence electrons. The Bertz CT molecular complexity index is 950. The van der Waals surface area contributed by atoms with Gasteiger partial charge in [0.25, 0.3) is 5.91 Å². The molecule has 1 aliphatic rings. The highest BCUT2D eigenvalue weighted by Gasteiger charge is 2.50. The molecule has 3 rings (SSSR count). The van der Waals surface area contributed by atoms with E-state index in [0.717, 1.165) is 10.5 Å². The monoisotopic (exact) mass is 449 g/mol. The Labute approximate surface area is 170 Å². The molecule has 1 saturated heterocycles. The van der Waals surface area contributed by atoms with Gasteiger partial charge in [0.2, 0.25) is 5.91 Å². The van der Waals surface area contributed by atoms with Crippen molar-refractivity contribution in [3.05, 3.63) is 63.1 Å². The fraction of sp³-hybridized carbons (Fsp3) is 0.211. The van der Waals surface area contributed by atoms with Gasteiger partial charge in [-0.2, -0.15) is 0 Å². The van der Waals surface area contributed by atoms with Gasteiger partial charge < -0.3 is 10.6 Å². The normalized spacial score (nSPS) is 19.2. The van der Waals surface area contributed by atoms with E-state index in [1.54, 1.807) is 43.3 Å². The van der Waals surface area contributed by atoms with Crippen molar-refractivity contribution >= 4 is 51.1 Å². The zero-order valence-electron chi connectivity index (χ0n) is 14.7. The Kier molecular flexibility index (Phi) is 5.26. The van der Waals surface area contributed by atoms with Crippen LogP contribution in [0.25, 0.3) is 0 Å². The van der Waals surface area contributed by atoms with Crippen molar-refractivity contribution in [2.45, 2.75) is 19.4 Å². The first-order chi connectivity index (χ1) is 12.7. The highest BCUT2D eigenvalue weighted by atomic mass is 79.9. The van der Waals surface area contributed by atoms with Crippen LogP contribution in [0.3, 0.4) is 0 Å². The second-order valence-electron chi connectivity index (χ2n) is 6.46. The number of benzene rings is 2. The van der Waals surface area contributed by atoms with Crippen LogP contribution in [0.2, 0.25) is 5.02 Å². The number of carbonyl (C=O) groups excluding carboxylic acids is 3. The fourth-order valence-corrected chi connectivity index (χ4v) is 3.91. The Hall–Kier alpha value is -2.38. The average Bonchev–Trinajstić information content (AvgIpc) is 2.82. The average molecular weight is 451 g/mol. The van der Waals surface area contributed by atoms with Crippen LogP contribution in [-0.2, 0) is 15.1 Å². The van der Waals surface area contributed by atoms with E-state index in [0.29, 0.717) is 20.7 Å². The lowest BCUT2D eigenvalue weighted by molar-refractivity contribution is -0.133. The summed E-state index contributed by atoms with van der Waals surface area (Å²) in [5, 5.41) is 5.69. The van der Waals surface area contributed by atoms with Gasteiger partial charge in [-0.05, 0) is 37.6 Å². The van der Waals surface area contributed by atoms with Crippen LogP contribution in [0.4, 0.5) is 10.5 Å². The van der Waals surface area contributed by atoms with E-state index in [1.165, 1.54) is 0 Å². The molecule has 0 aliphatic carbocycles. The minimum Gasteiger partial charge on any atom is -0.323 e. The largest absolute Gasteiger partial charge is 0.325 e. The van der Waals surface area contributed by atoms with Crippen molar-refractivity contribution in [1.29, 1.82) is 0 Å². The Balaban J connectivity index is 1.78. The number of nitrogens with one attached hydrogen (secondary N) is 2. The van der Waals surface area contributed by atoms with Crippen molar-refractivity contribution in [2.75, 3.05) is 11.9 Å². The number of aryl methyl sites for hydroxylation is 1. The maximum absolute atomic E-state index is 12.9. The number of rotatable bonds is 4. The summed E-state index contributed by atoms with van der Waals surface area (Å²) in [7, 11) is 0. The summed E-state index contributed by atoms with van der Waals surface area (Å²) >= 11 is 9.51. The highest BCUT2D eigenvalue weighted by Crippen LogP contribution is 2.33. The number of hydrogen-bond donors (Lipinski definition) is 2. The number of halogens is 2. The van der Waals surface area contributed by atoms with Crippen LogP contribution in [0.1, 0.15) is 18.1 Å². The molecule has 6 nitrogen and oxygen atoms in total. The van der Waals surface area contributed by atoms with E-state index in [1.807, 2.05) is 13.0 Å². The van der Waals surface area contributed by atoms with Gasteiger partial charge in [0.1, 0.15) is 12.1 Å². The molecule has 0 saturated carbocycles. The van der Waals surface area contributed by atoms with Gasteiger partial charge in [0, 0.05) is 10.0 Å². The third-order valence-corrected chi connectivity index (χ3v) is 5.39. The molecular formula is C19H17BrClN3O3. The van der Waals surface area contributed by atoms with E-state index in [9.17, 15) is 14.4 Å². The maximum Gasteiger partial charge on any atom is 0.325 e. The van der Waals surface area contributed by atoms with Crippen molar-refractivity contribution in [2.24, 2.45) is 0 Å².